The van der Waals surface area contributed by atoms with Crippen LogP contribution in [0, 0.1) is 0 Å². The Morgan fingerprint density at radius 3 is 3.21 bits per heavy atom. The smallest absolute Gasteiger partial charge is 0.110 e. The quantitative estimate of drug-likeness (QED) is 0.571. The molecule has 3 aliphatic rings. The molecule has 1 aromatic rings. The molecule has 0 amide bonds. The van der Waals surface area contributed by atoms with Crippen molar-refractivity contribution in [3.63, 3.8) is 0 Å². The van der Waals surface area contributed by atoms with E-state index in [1.165, 1.54) is 11.3 Å². The van der Waals surface area contributed by atoms with Gasteiger partial charge in [-0.25, -0.2) is 0 Å². The first-order chi connectivity index (χ1) is 6.93. The summed E-state index contributed by atoms with van der Waals surface area (Å²) < 4.78 is 5.54. The fraction of sp³-hybridized carbons (Fsp3) is 0.333. The van der Waals surface area contributed by atoms with Crippen LogP contribution in [0.2, 0.25) is 0 Å². The van der Waals surface area contributed by atoms with Gasteiger partial charge in [-0.1, -0.05) is 30.4 Å². The Morgan fingerprint density at radius 1 is 1.29 bits per heavy atom. The first-order valence-electron chi connectivity index (χ1n) is 5.13. The van der Waals surface area contributed by atoms with Crippen molar-refractivity contribution in [2.75, 3.05) is 11.4 Å². The second-order valence-corrected chi connectivity index (χ2v) is 4.20. The largest absolute Gasteiger partial charge is 0.365 e. The Kier molecular flexibility index (Phi) is 1.11. The van der Waals surface area contributed by atoms with Crippen molar-refractivity contribution in [2.45, 2.75) is 18.2 Å². The van der Waals surface area contributed by atoms with Crippen molar-refractivity contribution in [1.29, 1.82) is 0 Å². The molecule has 0 radical (unpaired) electrons. The third-order valence-electron chi connectivity index (χ3n) is 3.41. The van der Waals surface area contributed by atoms with Crippen LogP contribution in [0.3, 0.4) is 0 Å². The van der Waals surface area contributed by atoms with Crippen LogP contribution in [0.5, 0.6) is 0 Å². The number of rotatable bonds is 0. The summed E-state index contributed by atoms with van der Waals surface area (Å²) in [6, 6.07) is 9.08. The molecule has 1 aromatic carbocycles. The first-order valence-corrected chi connectivity index (χ1v) is 5.13. The Balaban J connectivity index is 1.87. The van der Waals surface area contributed by atoms with Gasteiger partial charge < -0.3 is 9.64 Å². The van der Waals surface area contributed by atoms with Crippen molar-refractivity contribution >= 4 is 11.8 Å². The fourth-order valence-corrected chi connectivity index (χ4v) is 2.66. The molecule has 0 unspecified atom stereocenters. The minimum atomic E-state index is 0.472. The van der Waals surface area contributed by atoms with Crippen LogP contribution < -0.4 is 4.90 Å². The van der Waals surface area contributed by atoms with E-state index in [0.29, 0.717) is 18.2 Å². The van der Waals surface area contributed by atoms with E-state index in [1.807, 2.05) is 0 Å². The van der Waals surface area contributed by atoms with E-state index in [1.54, 1.807) is 0 Å². The molecular formula is C12H11NO. The van der Waals surface area contributed by atoms with E-state index in [0.717, 1.165) is 6.54 Å². The summed E-state index contributed by atoms with van der Waals surface area (Å²) in [5, 5.41) is 0. The number of morpholine rings is 1. The maximum absolute atomic E-state index is 5.54. The van der Waals surface area contributed by atoms with Crippen molar-refractivity contribution in [3.05, 3.63) is 35.9 Å². The van der Waals surface area contributed by atoms with Crippen LogP contribution in [-0.2, 0) is 4.74 Å². The zero-order valence-electron chi connectivity index (χ0n) is 7.76. The summed E-state index contributed by atoms with van der Waals surface area (Å²) in [5.74, 6) is 0. The molecule has 2 heteroatoms. The summed E-state index contributed by atoms with van der Waals surface area (Å²) in [7, 11) is 0. The lowest BCUT2D eigenvalue weighted by atomic mass is 10.0. The lowest BCUT2D eigenvalue weighted by molar-refractivity contribution is 0.328. The molecule has 0 spiro atoms. The molecule has 70 valence electrons. The number of hydrogen-bond acceptors (Lipinski definition) is 2. The molecule has 3 atom stereocenters. The standard InChI is InChI=1S/C12H11NO/c1-2-4-9-8(3-1)5-6-10-12-11(14-12)7-13(9)10/h1-6,10-12H,7H2/t10-,11-,12+/m1/s1. The van der Waals surface area contributed by atoms with Crippen LogP contribution in [0.1, 0.15) is 5.56 Å². The van der Waals surface area contributed by atoms with Crippen LogP contribution in [0.4, 0.5) is 5.69 Å². The zero-order chi connectivity index (χ0) is 9.12. The zero-order valence-corrected chi connectivity index (χ0v) is 7.76. The highest BCUT2D eigenvalue weighted by Gasteiger charge is 2.54. The third kappa shape index (κ3) is 0.751. The maximum Gasteiger partial charge on any atom is 0.110 e. The van der Waals surface area contributed by atoms with Gasteiger partial charge in [0.1, 0.15) is 12.2 Å². The van der Waals surface area contributed by atoms with Crippen molar-refractivity contribution in [3.8, 4) is 0 Å². The normalized spacial score (nSPS) is 36.3. The van der Waals surface area contributed by atoms with Gasteiger partial charge in [0.15, 0.2) is 0 Å². The molecule has 3 aliphatic heterocycles. The lowest BCUT2D eigenvalue weighted by Crippen LogP contribution is -2.35. The van der Waals surface area contributed by atoms with Gasteiger partial charge >= 0.3 is 0 Å². The molecule has 2 saturated heterocycles. The van der Waals surface area contributed by atoms with E-state index in [-0.39, 0.29) is 0 Å². The summed E-state index contributed by atoms with van der Waals surface area (Å²) >= 11 is 0. The van der Waals surface area contributed by atoms with Crippen LogP contribution in [-0.4, -0.2) is 24.8 Å². The van der Waals surface area contributed by atoms with E-state index in [9.17, 15) is 0 Å². The Bertz CT molecular complexity index is 426. The highest BCUT2D eigenvalue weighted by molar-refractivity contribution is 5.73. The van der Waals surface area contributed by atoms with E-state index < -0.39 is 0 Å². The Labute approximate surface area is 82.8 Å². The van der Waals surface area contributed by atoms with Crippen molar-refractivity contribution < 1.29 is 4.74 Å². The number of nitrogens with zero attached hydrogens (tertiary/aromatic N) is 1. The molecule has 0 aliphatic carbocycles. The average molecular weight is 185 g/mol. The maximum atomic E-state index is 5.54. The van der Waals surface area contributed by atoms with E-state index >= 15 is 0 Å². The van der Waals surface area contributed by atoms with Crippen LogP contribution in [0.25, 0.3) is 6.08 Å². The molecule has 14 heavy (non-hydrogen) atoms. The number of ether oxygens (including phenoxy) is 1. The second-order valence-electron chi connectivity index (χ2n) is 4.20. The number of para-hydroxylation sites is 1. The minimum absolute atomic E-state index is 0.472. The number of anilines is 1. The number of hydrogen-bond donors (Lipinski definition) is 0. The fourth-order valence-electron chi connectivity index (χ4n) is 2.66. The molecular weight excluding hydrogens is 174 g/mol. The van der Waals surface area contributed by atoms with Gasteiger partial charge in [-0.15, -0.1) is 0 Å². The van der Waals surface area contributed by atoms with Gasteiger partial charge in [-0.05, 0) is 11.6 Å². The van der Waals surface area contributed by atoms with Crippen molar-refractivity contribution in [2.24, 2.45) is 0 Å². The summed E-state index contributed by atoms with van der Waals surface area (Å²) in [5.41, 5.74) is 2.71. The van der Waals surface area contributed by atoms with Crippen LogP contribution >= 0.6 is 0 Å². The molecule has 0 bridgehead atoms. The third-order valence-corrected chi connectivity index (χ3v) is 3.41. The number of benzene rings is 1. The van der Waals surface area contributed by atoms with Gasteiger partial charge in [0.05, 0.1) is 6.04 Å². The highest BCUT2D eigenvalue weighted by Crippen LogP contribution is 2.43. The van der Waals surface area contributed by atoms with Gasteiger partial charge in [0.25, 0.3) is 0 Å². The molecule has 2 fully saturated rings. The number of epoxide rings is 1. The number of fused-ring (bicyclic) bond motifs is 5. The van der Waals surface area contributed by atoms with Gasteiger partial charge in [0, 0.05) is 12.2 Å². The second kappa shape index (κ2) is 2.20. The minimum Gasteiger partial charge on any atom is -0.365 e. The SMILES string of the molecule is C1=C[C@@H]2[C@@H]3O[C@@H]3CN2c2ccccc21. The molecule has 0 saturated carbocycles. The van der Waals surface area contributed by atoms with E-state index in [2.05, 4.69) is 41.3 Å². The lowest BCUT2D eigenvalue weighted by Gasteiger charge is -2.31. The van der Waals surface area contributed by atoms with Gasteiger partial charge in [0.2, 0.25) is 0 Å². The highest BCUT2D eigenvalue weighted by atomic mass is 16.6. The molecule has 4 rings (SSSR count). The molecule has 0 aromatic heterocycles. The molecule has 2 nitrogen and oxygen atoms in total. The van der Waals surface area contributed by atoms with Gasteiger partial charge in [-0.2, -0.15) is 0 Å². The van der Waals surface area contributed by atoms with E-state index in [4.69, 9.17) is 4.74 Å². The monoisotopic (exact) mass is 185 g/mol. The summed E-state index contributed by atoms with van der Waals surface area (Å²) in [6.07, 6.45) is 5.47. The topological polar surface area (TPSA) is 15.8 Å². The van der Waals surface area contributed by atoms with Crippen molar-refractivity contribution in [1.82, 2.24) is 0 Å². The molecule has 0 N–H and O–H groups in total. The Hall–Kier alpha value is -1.28. The molecule has 3 heterocycles. The average Bonchev–Trinajstić information content (AvgIpc) is 2.91. The summed E-state index contributed by atoms with van der Waals surface area (Å²) in [6.45, 7) is 1.07. The first kappa shape index (κ1) is 7.07. The van der Waals surface area contributed by atoms with Gasteiger partial charge in [-0.3, -0.25) is 0 Å². The van der Waals surface area contributed by atoms with Crippen LogP contribution in [0.15, 0.2) is 30.3 Å². The Morgan fingerprint density at radius 2 is 2.21 bits per heavy atom. The summed E-state index contributed by atoms with van der Waals surface area (Å²) in [4.78, 5) is 2.47. The predicted molar refractivity (Wildman–Crippen MR) is 55.3 cm³/mol. The predicted octanol–water partition coefficient (Wildman–Crippen LogP) is 1.67.